The zero-order chi connectivity index (χ0) is 20.4. The van der Waals surface area contributed by atoms with Gasteiger partial charge in [0, 0.05) is 36.4 Å². The van der Waals surface area contributed by atoms with Gasteiger partial charge in [0.15, 0.2) is 0 Å². The summed E-state index contributed by atoms with van der Waals surface area (Å²) in [5.74, 6) is -1.82. The van der Waals surface area contributed by atoms with E-state index < -0.39 is 35.8 Å². The first kappa shape index (κ1) is 19.9. The van der Waals surface area contributed by atoms with E-state index in [-0.39, 0.29) is 24.8 Å². The molecule has 2 saturated heterocycles. The Kier molecular flexibility index (Phi) is 5.73. The number of carbonyl (C=O) groups excluding carboxylic acids is 4. The lowest BCUT2D eigenvalue weighted by molar-refractivity contribution is -0.141. The third kappa shape index (κ3) is 4.03. The van der Waals surface area contributed by atoms with Gasteiger partial charge >= 0.3 is 0 Å². The molecule has 11 heteroatoms. The van der Waals surface area contributed by atoms with Crippen LogP contribution in [0.15, 0.2) is 12.5 Å². The first-order chi connectivity index (χ1) is 13.3. The Morgan fingerprint density at radius 1 is 1.46 bits per heavy atom. The molecule has 0 bridgehead atoms. The average Bonchev–Trinajstić information content (AvgIpc) is 3.34. The number of thiocarbonyl (C=S) groups is 1. The molecule has 4 amide bonds. The van der Waals surface area contributed by atoms with E-state index in [1.54, 1.807) is 13.1 Å². The third-order valence-electron chi connectivity index (χ3n) is 4.97. The summed E-state index contributed by atoms with van der Waals surface area (Å²) >= 11 is 5.23. The molecule has 0 unspecified atom stereocenters. The zero-order valence-electron chi connectivity index (χ0n) is 15.3. The highest BCUT2D eigenvalue weighted by atomic mass is 32.1. The van der Waals surface area contributed by atoms with Crippen LogP contribution in [0.25, 0.3) is 0 Å². The monoisotopic (exact) mass is 406 g/mol. The molecule has 4 atom stereocenters. The lowest BCUT2D eigenvalue weighted by Crippen LogP contribution is -2.58. The highest BCUT2D eigenvalue weighted by Crippen LogP contribution is 2.24. The van der Waals surface area contributed by atoms with Crippen LogP contribution in [0, 0.1) is 0 Å². The van der Waals surface area contributed by atoms with Gasteiger partial charge in [0.25, 0.3) is 0 Å². The second-order valence-corrected chi connectivity index (χ2v) is 7.58. The molecule has 1 aromatic heterocycles. The molecule has 10 nitrogen and oxygen atoms in total. The maximum Gasteiger partial charge on any atom is 0.246 e. The Bertz CT molecular complexity index is 811. The lowest BCUT2D eigenvalue weighted by Gasteiger charge is -2.31. The predicted octanol–water partition coefficient (Wildman–Crippen LogP) is -1.44. The highest BCUT2D eigenvalue weighted by Gasteiger charge is 2.44. The Labute approximate surface area is 166 Å². The minimum Gasteiger partial charge on any atom is -0.368 e. The van der Waals surface area contributed by atoms with Gasteiger partial charge in [0.2, 0.25) is 23.6 Å². The number of nitrogens with two attached hydrogens (primary N) is 1. The van der Waals surface area contributed by atoms with Crippen molar-refractivity contribution in [1.29, 1.82) is 0 Å². The van der Waals surface area contributed by atoms with E-state index in [9.17, 15) is 19.2 Å². The number of imidazole rings is 1. The molecule has 0 aliphatic carbocycles. The molecular formula is C17H22N6O4S. The van der Waals surface area contributed by atoms with Crippen LogP contribution in [0.4, 0.5) is 0 Å². The standard InChI is InChI=1S/C17H22N6O4S/c1-8-4-12(28)14(15(18)25)23(8)17(27)11(5-9-6-19-7-20-9)22-16(26)10-2-3-13(24)21-10/h6-8,10-11,14H,2-5H2,1H3,(H2,18,25)(H,19,20)(H,21,24)(H,22,26)/t8-,10+,11+,14+/m1/s1. The maximum atomic E-state index is 13.3. The number of aromatic nitrogens is 2. The molecule has 0 spiro atoms. The molecule has 2 aliphatic rings. The summed E-state index contributed by atoms with van der Waals surface area (Å²) in [6.07, 6.45) is 4.22. The number of rotatable bonds is 6. The van der Waals surface area contributed by atoms with Gasteiger partial charge in [-0.2, -0.15) is 0 Å². The number of primary amides is 1. The van der Waals surface area contributed by atoms with Gasteiger partial charge in [-0.1, -0.05) is 12.2 Å². The number of hydrogen-bond acceptors (Lipinski definition) is 6. The largest absolute Gasteiger partial charge is 0.368 e. The van der Waals surface area contributed by atoms with Gasteiger partial charge in [-0.05, 0) is 13.3 Å². The maximum absolute atomic E-state index is 13.3. The number of aromatic amines is 1. The Hall–Kier alpha value is -2.82. The summed E-state index contributed by atoms with van der Waals surface area (Å²) in [5, 5.41) is 5.27. The molecule has 150 valence electrons. The molecule has 1 aromatic rings. The van der Waals surface area contributed by atoms with E-state index in [1.807, 2.05) is 0 Å². The van der Waals surface area contributed by atoms with Crippen molar-refractivity contribution in [2.24, 2.45) is 5.73 Å². The van der Waals surface area contributed by atoms with Crippen LogP contribution in [0.2, 0.25) is 0 Å². The molecule has 0 saturated carbocycles. The van der Waals surface area contributed by atoms with Crippen LogP contribution in [0.5, 0.6) is 0 Å². The summed E-state index contributed by atoms with van der Waals surface area (Å²) in [5.41, 5.74) is 6.03. The van der Waals surface area contributed by atoms with E-state index in [2.05, 4.69) is 20.6 Å². The second-order valence-electron chi connectivity index (χ2n) is 7.05. The van der Waals surface area contributed by atoms with Crippen LogP contribution in [-0.2, 0) is 25.6 Å². The smallest absolute Gasteiger partial charge is 0.246 e. The van der Waals surface area contributed by atoms with E-state index in [4.69, 9.17) is 18.0 Å². The van der Waals surface area contributed by atoms with Gasteiger partial charge in [-0.25, -0.2) is 4.98 Å². The van der Waals surface area contributed by atoms with Gasteiger partial charge in [0.1, 0.15) is 18.1 Å². The summed E-state index contributed by atoms with van der Waals surface area (Å²) in [6.45, 7) is 1.78. The first-order valence-corrected chi connectivity index (χ1v) is 9.40. The van der Waals surface area contributed by atoms with Crippen molar-refractivity contribution in [2.45, 2.75) is 56.8 Å². The molecular weight excluding hydrogens is 384 g/mol. The fourth-order valence-electron chi connectivity index (χ4n) is 3.63. The summed E-state index contributed by atoms with van der Waals surface area (Å²) < 4.78 is 0. The van der Waals surface area contributed by atoms with Crippen molar-refractivity contribution >= 4 is 40.7 Å². The van der Waals surface area contributed by atoms with Crippen molar-refractivity contribution in [3.63, 3.8) is 0 Å². The van der Waals surface area contributed by atoms with Gasteiger partial charge in [-0.3, -0.25) is 19.2 Å². The van der Waals surface area contributed by atoms with Crippen LogP contribution < -0.4 is 16.4 Å². The van der Waals surface area contributed by atoms with Crippen LogP contribution >= 0.6 is 12.2 Å². The molecule has 28 heavy (non-hydrogen) atoms. The SMILES string of the molecule is C[C@@H]1CC(=S)[C@@H](C(N)=O)N1C(=O)[C@H](Cc1c[nH]cn1)NC(=O)[C@@H]1CCC(=O)N1. The van der Waals surface area contributed by atoms with Crippen LogP contribution in [0.3, 0.4) is 0 Å². The Morgan fingerprint density at radius 3 is 2.79 bits per heavy atom. The van der Waals surface area contributed by atoms with Crippen molar-refractivity contribution in [1.82, 2.24) is 25.5 Å². The van der Waals surface area contributed by atoms with Crippen LogP contribution in [-0.4, -0.2) is 67.5 Å². The predicted molar refractivity (Wildman–Crippen MR) is 102 cm³/mol. The molecule has 0 aromatic carbocycles. The van der Waals surface area contributed by atoms with Gasteiger partial charge in [-0.15, -0.1) is 0 Å². The second kappa shape index (κ2) is 8.05. The van der Waals surface area contributed by atoms with E-state index >= 15 is 0 Å². The molecule has 3 rings (SSSR count). The Balaban J connectivity index is 1.82. The van der Waals surface area contributed by atoms with Crippen molar-refractivity contribution in [2.75, 3.05) is 0 Å². The molecule has 0 radical (unpaired) electrons. The molecule has 2 fully saturated rings. The van der Waals surface area contributed by atoms with Crippen molar-refractivity contribution in [3.05, 3.63) is 18.2 Å². The number of nitrogens with zero attached hydrogens (tertiary/aromatic N) is 2. The average molecular weight is 406 g/mol. The minimum atomic E-state index is -0.984. The normalized spacial score (nSPS) is 25.5. The quantitative estimate of drug-likeness (QED) is 0.425. The number of hydrogen-bond donors (Lipinski definition) is 4. The molecule has 5 N–H and O–H groups in total. The number of H-pyrrole nitrogens is 1. The van der Waals surface area contributed by atoms with Gasteiger partial charge in [0.05, 0.1) is 12.0 Å². The van der Waals surface area contributed by atoms with Crippen molar-refractivity contribution < 1.29 is 19.2 Å². The summed E-state index contributed by atoms with van der Waals surface area (Å²) in [4.78, 5) is 57.8. The molecule has 3 heterocycles. The topological polar surface area (TPSA) is 150 Å². The zero-order valence-corrected chi connectivity index (χ0v) is 16.1. The molecule has 2 aliphatic heterocycles. The van der Waals surface area contributed by atoms with E-state index in [0.717, 1.165) is 0 Å². The first-order valence-electron chi connectivity index (χ1n) is 8.99. The van der Waals surface area contributed by atoms with Gasteiger partial charge < -0.3 is 26.3 Å². The van der Waals surface area contributed by atoms with E-state index in [1.165, 1.54) is 11.2 Å². The number of likely N-dealkylation sites (tertiary alicyclic amines) is 1. The number of nitrogens with one attached hydrogen (secondary N) is 3. The lowest BCUT2D eigenvalue weighted by atomic mass is 10.1. The fraction of sp³-hybridized carbons (Fsp3) is 0.529. The summed E-state index contributed by atoms with van der Waals surface area (Å²) in [7, 11) is 0. The highest BCUT2D eigenvalue weighted by molar-refractivity contribution is 7.80. The number of carbonyl (C=O) groups is 4. The van der Waals surface area contributed by atoms with Crippen molar-refractivity contribution in [3.8, 4) is 0 Å². The minimum absolute atomic E-state index is 0.121. The number of amides is 4. The Morgan fingerprint density at radius 2 is 2.21 bits per heavy atom. The third-order valence-corrected chi connectivity index (χ3v) is 5.36. The van der Waals surface area contributed by atoms with E-state index in [0.29, 0.717) is 23.4 Å². The summed E-state index contributed by atoms with van der Waals surface area (Å²) in [6, 6.07) is -2.96. The van der Waals surface area contributed by atoms with Crippen LogP contribution in [0.1, 0.15) is 31.9 Å². The fourth-order valence-corrected chi connectivity index (χ4v) is 4.10.